The van der Waals surface area contributed by atoms with Crippen LogP contribution in [-0.4, -0.2) is 69.6 Å². The van der Waals surface area contributed by atoms with Crippen molar-refractivity contribution in [2.24, 2.45) is 0 Å². The molecule has 5 rings (SSSR count). The molecule has 31 heavy (non-hydrogen) atoms. The van der Waals surface area contributed by atoms with Gasteiger partial charge in [0, 0.05) is 69.6 Å². The van der Waals surface area contributed by atoms with E-state index in [0.29, 0.717) is 6.04 Å². The van der Waals surface area contributed by atoms with Gasteiger partial charge in [0.1, 0.15) is 5.82 Å². The zero-order valence-corrected chi connectivity index (χ0v) is 17.8. The lowest BCUT2D eigenvalue weighted by molar-refractivity contribution is 0.0877. The third kappa shape index (κ3) is 4.48. The number of hydrogen-bond donors (Lipinski definition) is 0. The lowest BCUT2D eigenvalue weighted by Crippen LogP contribution is -2.55. The Morgan fingerprint density at radius 1 is 0.903 bits per heavy atom. The maximum absolute atomic E-state index is 14.1. The summed E-state index contributed by atoms with van der Waals surface area (Å²) in [5, 5.41) is 0. The van der Waals surface area contributed by atoms with Gasteiger partial charge in [-0.05, 0) is 49.7 Å². The van der Waals surface area contributed by atoms with E-state index in [1.165, 1.54) is 18.5 Å². The first-order chi connectivity index (χ1) is 15.3. The smallest absolute Gasteiger partial charge is 0.233 e. The van der Waals surface area contributed by atoms with Crippen molar-refractivity contribution in [1.82, 2.24) is 24.3 Å². The molecular weight excluding hydrogens is 391 g/mol. The van der Waals surface area contributed by atoms with E-state index in [4.69, 9.17) is 0 Å². The number of halogens is 1. The largest absolute Gasteiger partial charge is 0.367 e. The number of nitrogens with zero attached hydrogens (tertiary/aromatic N) is 6. The molecule has 2 fully saturated rings. The van der Waals surface area contributed by atoms with Gasteiger partial charge < -0.3 is 4.90 Å². The minimum atomic E-state index is -0.120. The third-order valence-corrected chi connectivity index (χ3v) is 6.49. The number of piperazine rings is 1. The van der Waals surface area contributed by atoms with Crippen LogP contribution in [-0.2, 0) is 6.54 Å². The molecular formula is C24H29FN6. The second-order valence-electron chi connectivity index (χ2n) is 8.42. The van der Waals surface area contributed by atoms with Gasteiger partial charge in [0.25, 0.3) is 0 Å². The van der Waals surface area contributed by atoms with E-state index in [2.05, 4.69) is 41.4 Å². The first-order valence-corrected chi connectivity index (χ1v) is 11.2. The van der Waals surface area contributed by atoms with Crippen molar-refractivity contribution in [3.8, 4) is 5.95 Å². The number of likely N-dealkylation sites (tertiary alicyclic amines) is 1. The highest BCUT2D eigenvalue weighted by atomic mass is 19.1. The van der Waals surface area contributed by atoms with Crippen molar-refractivity contribution in [3.63, 3.8) is 0 Å². The molecule has 0 radical (unpaired) electrons. The van der Waals surface area contributed by atoms with Gasteiger partial charge in [-0.25, -0.2) is 14.4 Å². The topological polar surface area (TPSA) is 40.4 Å². The van der Waals surface area contributed by atoms with E-state index in [9.17, 15) is 4.39 Å². The number of rotatable bonds is 5. The van der Waals surface area contributed by atoms with Gasteiger partial charge in [-0.2, -0.15) is 0 Å². The minimum Gasteiger partial charge on any atom is -0.367 e. The normalized spacial score (nSPS) is 20.8. The Labute approximate surface area is 182 Å². The zero-order valence-electron chi connectivity index (χ0n) is 17.8. The summed E-state index contributed by atoms with van der Waals surface area (Å²) in [6, 6.07) is 13.7. The number of para-hydroxylation sites is 1. The van der Waals surface area contributed by atoms with Crippen LogP contribution in [0.1, 0.15) is 18.5 Å². The van der Waals surface area contributed by atoms with Crippen molar-refractivity contribution >= 4 is 5.69 Å². The predicted octanol–water partition coefficient (Wildman–Crippen LogP) is 3.19. The van der Waals surface area contributed by atoms with Crippen LogP contribution < -0.4 is 4.90 Å². The van der Waals surface area contributed by atoms with E-state index in [1.807, 2.05) is 24.4 Å². The summed E-state index contributed by atoms with van der Waals surface area (Å²) in [4.78, 5) is 16.1. The van der Waals surface area contributed by atoms with Crippen LogP contribution in [0.2, 0.25) is 0 Å². The standard InChI is InChI=1S/C24H29FN6/c25-22-8-1-2-9-23(22)30-16-14-29(15-17-30)20-6-3-12-28(18-20)19-21-7-4-13-31(21)24-26-10-5-11-27-24/h1-2,4-5,7-11,13,20H,3,6,12,14-19H2/t20-/m1/s1. The Kier molecular flexibility index (Phi) is 5.95. The van der Waals surface area contributed by atoms with Crippen molar-refractivity contribution < 1.29 is 4.39 Å². The van der Waals surface area contributed by atoms with Crippen LogP contribution in [0, 0.1) is 5.82 Å². The molecule has 1 aromatic carbocycles. The Balaban J connectivity index is 1.19. The van der Waals surface area contributed by atoms with E-state index in [0.717, 1.165) is 57.4 Å². The molecule has 0 aliphatic carbocycles. The molecule has 162 valence electrons. The quantitative estimate of drug-likeness (QED) is 0.634. The second kappa shape index (κ2) is 9.16. The zero-order chi connectivity index (χ0) is 21.0. The maximum atomic E-state index is 14.1. The SMILES string of the molecule is Fc1ccccc1N1CCN([C@@H]2CCCN(Cc3cccn3-c3ncccn3)C2)CC1. The summed E-state index contributed by atoms with van der Waals surface area (Å²) in [6.45, 7) is 6.82. The van der Waals surface area contributed by atoms with Crippen LogP contribution in [0.3, 0.4) is 0 Å². The van der Waals surface area contributed by atoms with Crippen LogP contribution >= 0.6 is 0 Å². The van der Waals surface area contributed by atoms with Gasteiger partial charge in [0.05, 0.1) is 5.69 Å². The highest BCUT2D eigenvalue weighted by molar-refractivity contribution is 5.48. The molecule has 0 N–H and O–H groups in total. The number of aromatic nitrogens is 3. The van der Waals surface area contributed by atoms with Crippen LogP contribution in [0.5, 0.6) is 0 Å². The van der Waals surface area contributed by atoms with E-state index in [-0.39, 0.29) is 5.82 Å². The van der Waals surface area contributed by atoms with E-state index in [1.54, 1.807) is 24.5 Å². The van der Waals surface area contributed by atoms with Crippen molar-refractivity contribution in [1.29, 1.82) is 0 Å². The minimum absolute atomic E-state index is 0.120. The fourth-order valence-electron chi connectivity index (χ4n) is 4.89. The van der Waals surface area contributed by atoms with Gasteiger partial charge in [-0.15, -0.1) is 0 Å². The Morgan fingerprint density at radius 3 is 2.52 bits per heavy atom. The first kappa shape index (κ1) is 20.2. The van der Waals surface area contributed by atoms with Crippen molar-refractivity contribution in [2.75, 3.05) is 44.2 Å². The van der Waals surface area contributed by atoms with E-state index < -0.39 is 0 Å². The Hall–Kier alpha value is -2.77. The average Bonchev–Trinajstić information content (AvgIpc) is 3.28. The molecule has 2 aromatic heterocycles. The summed E-state index contributed by atoms with van der Waals surface area (Å²) in [7, 11) is 0. The summed E-state index contributed by atoms with van der Waals surface area (Å²) >= 11 is 0. The summed E-state index contributed by atoms with van der Waals surface area (Å²) in [6.07, 6.45) is 8.04. The maximum Gasteiger partial charge on any atom is 0.233 e. The predicted molar refractivity (Wildman–Crippen MR) is 120 cm³/mol. The van der Waals surface area contributed by atoms with Gasteiger partial charge in [-0.3, -0.25) is 14.4 Å². The average molecular weight is 421 g/mol. The van der Waals surface area contributed by atoms with Crippen LogP contribution in [0.15, 0.2) is 61.1 Å². The monoisotopic (exact) mass is 420 g/mol. The van der Waals surface area contributed by atoms with Crippen molar-refractivity contribution in [2.45, 2.75) is 25.4 Å². The molecule has 0 amide bonds. The van der Waals surface area contributed by atoms with Gasteiger partial charge >= 0.3 is 0 Å². The highest BCUT2D eigenvalue weighted by Crippen LogP contribution is 2.24. The molecule has 4 heterocycles. The van der Waals surface area contributed by atoms with Gasteiger partial charge in [0.2, 0.25) is 5.95 Å². The second-order valence-corrected chi connectivity index (χ2v) is 8.42. The summed E-state index contributed by atoms with van der Waals surface area (Å²) in [5.41, 5.74) is 1.95. The lowest BCUT2D eigenvalue weighted by Gasteiger charge is -2.44. The fraction of sp³-hybridized carbons (Fsp3) is 0.417. The lowest BCUT2D eigenvalue weighted by atomic mass is 10.0. The number of anilines is 1. The van der Waals surface area contributed by atoms with Crippen LogP contribution in [0.4, 0.5) is 10.1 Å². The molecule has 2 saturated heterocycles. The van der Waals surface area contributed by atoms with E-state index >= 15 is 0 Å². The fourth-order valence-corrected chi connectivity index (χ4v) is 4.89. The summed E-state index contributed by atoms with van der Waals surface area (Å²) < 4.78 is 16.2. The molecule has 0 bridgehead atoms. The number of benzene rings is 1. The molecule has 0 spiro atoms. The first-order valence-electron chi connectivity index (χ1n) is 11.2. The molecule has 7 heteroatoms. The summed E-state index contributed by atoms with van der Waals surface area (Å²) in [5.74, 6) is 0.602. The molecule has 2 aliphatic rings. The molecule has 1 atom stereocenters. The van der Waals surface area contributed by atoms with Crippen LogP contribution in [0.25, 0.3) is 5.95 Å². The van der Waals surface area contributed by atoms with Gasteiger partial charge in [-0.1, -0.05) is 12.1 Å². The third-order valence-electron chi connectivity index (χ3n) is 6.49. The molecule has 0 unspecified atom stereocenters. The van der Waals surface area contributed by atoms with Gasteiger partial charge in [0.15, 0.2) is 0 Å². The molecule has 3 aromatic rings. The van der Waals surface area contributed by atoms with Crippen molar-refractivity contribution in [3.05, 3.63) is 72.6 Å². The Bertz CT molecular complexity index is 982. The highest BCUT2D eigenvalue weighted by Gasteiger charge is 2.29. The molecule has 0 saturated carbocycles. The number of piperidine rings is 1. The molecule has 6 nitrogen and oxygen atoms in total. The molecule has 2 aliphatic heterocycles. The Morgan fingerprint density at radius 2 is 1.71 bits per heavy atom. The number of hydrogen-bond acceptors (Lipinski definition) is 5.